The molecule has 2 atom stereocenters. The van der Waals surface area contributed by atoms with Crippen molar-refractivity contribution in [2.75, 3.05) is 125 Å². The Labute approximate surface area is 809 Å². The summed E-state index contributed by atoms with van der Waals surface area (Å²) in [6.45, 7) is 24.2. The first-order valence-electron chi connectivity index (χ1n) is 51.9. The zero-order valence-electron chi connectivity index (χ0n) is 83.2. The van der Waals surface area contributed by atoms with Gasteiger partial charge in [0.2, 0.25) is 11.8 Å². The fourth-order valence-corrected chi connectivity index (χ4v) is 21.0. The minimum absolute atomic E-state index is 0.0281. The lowest BCUT2D eigenvalue weighted by atomic mass is 9.89. The Kier molecular flexibility index (Phi) is 39.7. The number of aryl methyl sites for hydroxylation is 2. The molecule has 746 valence electrons. The summed E-state index contributed by atoms with van der Waals surface area (Å²) in [5.74, 6) is -1.24. The van der Waals surface area contributed by atoms with Gasteiger partial charge in [-0.3, -0.25) is 52.5 Å². The number of benzene rings is 4. The molecule has 14 rings (SSSR count). The van der Waals surface area contributed by atoms with Gasteiger partial charge in [0.05, 0.1) is 34.9 Å². The van der Waals surface area contributed by atoms with Gasteiger partial charge in [-0.2, -0.15) is 14.9 Å². The van der Waals surface area contributed by atoms with E-state index >= 15 is 0 Å². The number of aromatic nitrogens is 6. The number of esters is 3. The van der Waals surface area contributed by atoms with E-state index in [2.05, 4.69) is 77.1 Å². The molecular weight excluding hydrogens is 1730 g/mol. The molecule has 137 heavy (non-hydrogen) atoms. The Hall–Kier alpha value is -10.6. The van der Waals surface area contributed by atoms with Crippen LogP contribution in [0.2, 0.25) is 0 Å². The molecule has 0 bridgehead atoms. The summed E-state index contributed by atoms with van der Waals surface area (Å²) < 4.78 is 28.6. The minimum atomic E-state index is -0.827. The summed E-state index contributed by atoms with van der Waals surface area (Å²) in [6.07, 6.45) is 32.2. The fourth-order valence-electron chi connectivity index (χ4n) is 21.0. The summed E-state index contributed by atoms with van der Waals surface area (Å²) in [6, 6.07) is 26.0. The predicted octanol–water partition coefficient (Wildman–Crippen LogP) is 16.3. The lowest BCUT2D eigenvalue weighted by Gasteiger charge is -2.43. The van der Waals surface area contributed by atoms with Gasteiger partial charge >= 0.3 is 36.1 Å². The third-order valence-electron chi connectivity index (χ3n) is 29.2. The van der Waals surface area contributed by atoms with Crippen LogP contribution in [-0.2, 0) is 76.0 Å². The number of amides is 6. The molecule has 4 aromatic heterocycles. The summed E-state index contributed by atoms with van der Waals surface area (Å²) in [5, 5.41) is 18.9. The number of hydrogen-bond donors (Lipinski definition) is 2. The van der Waals surface area contributed by atoms with Crippen LogP contribution in [0.4, 0.5) is 14.4 Å². The van der Waals surface area contributed by atoms with Crippen molar-refractivity contribution < 1.29 is 57.3 Å². The molecule has 0 radical (unpaired) electrons. The first-order chi connectivity index (χ1) is 66.5. The standard InChI is InChI=1S/C54H78N8O7.C53H76N8O7/c1-5-7-9-11-13-19-49(63)68-38-61-37-44-34-41(33-40(3)51(44)56-61)35-47(53(66)59-31-29-58(30-32-59)45-23-25-57(4)26-24-45)55-54(67)60-27-21-42(22-28-60)46-36-43-17-15-16-18-48(43)62(52(46)65)39-69-50(64)20-14-12-10-8-6-2;1-5-7-9-11-13-19-48(62)68-38-60-47-18-15-14-17-42(47)36-45(50(60)63)41-20-26-59(27-21-41)52(65)55-46(51(64)58-30-28-57(29-31-58)44-22-24-56(4)25-23-44)35-40-33-39(3)49-43(34-40)37-54-61(49)53(66)67-32-16-12-10-8-6-2/h15-18,33-34,36-37,42,45,47H,5-14,19-32,35,38-39H2,1-4H3,(H,55,67);14-15,17-18,33-34,36-37,41,44,46H,5-13,16,19-32,35,38H2,1-4H3,(H,55,65)/t47-;46-/m11/s1. The molecule has 8 aromatic rings. The zero-order chi connectivity index (χ0) is 96.7. The number of hydrogen-bond acceptors (Lipinski definition) is 20. The molecule has 0 saturated carbocycles. The molecule has 30 heteroatoms. The molecule has 6 saturated heterocycles. The van der Waals surface area contributed by atoms with Crippen LogP contribution in [0.5, 0.6) is 0 Å². The number of rotatable bonds is 42. The molecule has 6 aliphatic heterocycles. The van der Waals surface area contributed by atoms with E-state index in [9.17, 15) is 47.9 Å². The molecule has 0 unspecified atom stereocenters. The third kappa shape index (κ3) is 29.1. The van der Waals surface area contributed by atoms with Gasteiger partial charge in [0.1, 0.15) is 12.1 Å². The maximum absolute atomic E-state index is 14.6. The van der Waals surface area contributed by atoms with Crippen molar-refractivity contribution >= 4 is 91.5 Å². The Morgan fingerprint density at radius 2 is 0.803 bits per heavy atom. The molecular formula is C107H154N16O14. The summed E-state index contributed by atoms with van der Waals surface area (Å²) >= 11 is 0. The number of para-hydroxylation sites is 2. The van der Waals surface area contributed by atoms with Crippen LogP contribution < -0.4 is 21.8 Å². The average Bonchev–Trinajstić information content (AvgIpc) is 1.70. The Morgan fingerprint density at radius 3 is 1.23 bits per heavy atom. The van der Waals surface area contributed by atoms with Crippen LogP contribution in [0, 0.1) is 13.8 Å². The molecule has 30 nitrogen and oxygen atoms in total. The highest BCUT2D eigenvalue weighted by atomic mass is 16.6. The third-order valence-corrected chi connectivity index (χ3v) is 29.2. The summed E-state index contributed by atoms with van der Waals surface area (Å²) in [4.78, 5) is 154. The molecule has 4 aromatic carbocycles. The van der Waals surface area contributed by atoms with Crippen molar-refractivity contribution in [2.45, 2.75) is 310 Å². The number of pyridine rings is 2. The number of nitrogens with one attached hydrogen (secondary N) is 2. The lowest BCUT2D eigenvalue weighted by Crippen LogP contribution is -2.59. The first kappa shape index (κ1) is 104. The van der Waals surface area contributed by atoms with E-state index in [1.807, 2.05) is 115 Å². The topological polar surface area (TPSA) is 303 Å². The first-order valence-corrected chi connectivity index (χ1v) is 51.9. The van der Waals surface area contributed by atoms with Crippen molar-refractivity contribution in [1.82, 2.24) is 78.5 Å². The molecule has 2 N–H and O–H groups in total. The number of likely N-dealkylation sites (tertiary alicyclic amines) is 4. The number of nitrogens with zero attached hydrogens (tertiary/aromatic N) is 14. The second kappa shape index (κ2) is 52.5. The van der Waals surface area contributed by atoms with Gasteiger partial charge in [-0.05, 0) is 212 Å². The number of carbonyl (C=O) groups excluding carboxylic acids is 8. The molecule has 6 aliphatic rings. The van der Waals surface area contributed by atoms with Crippen LogP contribution in [0.3, 0.4) is 0 Å². The average molecular weight is 1890 g/mol. The predicted molar refractivity (Wildman–Crippen MR) is 536 cm³/mol. The largest absolute Gasteiger partial charge is 0.448 e. The highest BCUT2D eigenvalue weighted by molar-refractivity contribution is 5.92. The van der Waals surface area contributed by atoms with Gasteiger partial charge in [-0.25, -0.2) is 19.1 Å². The highest BCUT2D eigenvalue weighted by Crippen LogP contribution is 2.33. The van der Waals surface area contributed by atoms with E-state index in [1.165, 1.54) is 17.5 Å². The SMILES string of the molecule is CCCCCCCC(=O)OCn1cc2cc(C[C@@H](NC(=O)N3CCC(c4cc5ccccc5n(COC(=O)CCCCCCC)c4=O)CC3)C(=O)N3CCN(C4CCN(C)CC4)CC3)cc(C)c2n1.CCCCCCCOC(=O)n1ncc2cc(C[C@@H](NC(=O)N3CCC(c4cc5ccccc5n(COC(=O)CCCCCCC)c4=O)CC3)C(=O)N3CCN(C4CCN(C)CC4)CC3)cc(C)c21. The normalized spacial score (nSPS) is 17.1. The zero-order valence-corrected chi connectivity index (χ0v) is 83.2. The molecule has 10 heterocycles. The van der Waals surface area contributed by atoms with Gasteiger partial charge in [0.25, 0.3) is 11.1 Å². The van der Waals surface area contributed by atoms with E-state index in [1.54, 1.807) is 29.8 Å². The lowest BCUT2D eigenvalue weighted by molar-refractivity contribution is -0.148. The monoisotopic (exact) mass is 1890 g/mol. The maximum Gasteiger partial charge on any atom is 0.435 e. The van der Waals surface area contributed by atoms with Crippen molar-refractivity contribution in [3.8, 4) is 0 Å². The quantitative estimate of drug-likeness (QED) is 0.0204. The fraction of sp³-hybridized carbons (Fsp3) is 0.626. The van der Waals surface area contributed by atoms with Crippen molar-refractivity contribution in [3.05, 3.63) is 151 Å². The molecule has 6 amide bonds. The number of piperidine rings is 4. The molecule has 6 fully saturated rings. The summed E-state index contributed by atoms with van der Waals surface area (Å²) in [5.41, 5.74) is 7.33. The van der Waals surface area contributed by atoms with E-state index in [0.717, 1.165) is 243 Å². The number of carbonyl (C=O) groups is 8. The van der Waals surface area contributed by atoms with Crippen molar-refractivity contribution in [1.29, 1.82) is 0 Å². The van der Waals surface area contributed by atoms with Gasteiger partial charge in [-0.1, -0.05) is 179 Å². The highest BCUT2D eigenvalue weighted by Gasteiger charge is 2.38. The molecule has 0 aliphatic carbocycles. The number of ether oxygens (including phenoxy) is 4. The smallest absolute Gasteiger partial charge is 0.435 e. The van der Waals surface area contributed by atoms with Gasteiger partial charge in [0, 0.05) is 151 Å². The summed E-state index contributed by atoms with van der Waals surface area (Å²) in [7, 11) is 4.34. The van der Waals surface area contributed by atoms with Gasteiger partial charge < -0.3 is 59.0 Å². The number of urea groups is 2. The van der Waals surface area contributed by atoms with Gasteiger partial charge in [-0.15, -0.1) is 0 Å². The second-order valence-electron chi connectivity index (χ2n) is 39.4. The Balaban J connectivity index is 0.000000232. The Bertz CT molecular complexity index is 5420. The second-order valence-corrected chi connectivity index (χ2v) is 39.4. The van der Waals surface area contributed by atoms with Crippen LogP contribution in [0.1, 0.15) is 272 Å². The van der Waals surface area contributed by atoms with Crippen LogP contribution in [0.15, 0.2) is 107 Å². The van der Waals surface area contributed by atoms with Crippen LogP contribution in [-0.4, -0.2) is 265 Å². The van der Waals surface area contributed by atoms with Crippen molar-refractivity contribution in [3.63, 3.8) is 0 Å². The molecule has 0 spiro atoms. The number of fused-ring (bicyclic) bond motifs is 4. The van der Waals surface area contributed by atoms with E-state index in [4.69, 9.17) is 24.0 Å². The minimum Gasteiger partial charge on any atom is -0.448 e. The number of piperazine rings is 2. The van der Waals surface area contributed by atoms with Crippen LogP contribution in [0.25, 0.3) is 43.6 Å². The Morgan fingerprint density at radius 1 is 0.409 bits per heavy atom. The van der Waals surface area contributed by atoms with E-state index < -0.39 is 18.2 Å². The van der Waals surface area contributed by atoms with Crippen molar-refractivity contribution in [2.24, 2.45) is 0 Å². The van der Waals surface area contributed by atoms with E-state index in [0.29, 0.717) is 150 Å². The maximum atomic E-state index is 14.6. The van der Waals surface area contributed by atoms with Crippen LogP contribution >= 0.6 is 0 Å². The van der Waals surface area contributed by atoms with Gasteiger partial charge in [0.15, 0.2) is 20.2 Å². The van der Waals surface area contributed by atoms with E-state index in [-0.39, 0.29) is 91.4 Å². The number of unbranched alkanes of at least 4 members (excludes halogenated alkanes) is 16.